The molecule has 1 heterocycles. The number of rotatable bonds is 5. The van der Waals surface area contributed by atoms with E-state index in [2.05, 4.69) is 4.98 Å². The van der Waals surface area contributed by atoms with Crippen LogP contribution >= 0.6 is 0 Å². The van der Waals surface area contributed by atoms with Crippen LogP contribution in [0.2, 0.25) is 0 Å². The van der Waals surface area contributed by atoms with Gasteiger partial charge in [-0.3, -0.25) is 0 Å². The molecule has 0 saturated heterocycles. The molecule has 0 spiro atoms. The number of benzene rings is 2. The lowest BCUT2D eigenvalue weighted by Gasteiger charge is -2.09. The summed E-state index contributed by atoms with van der Waals surface area (Å²) in [4.78, 5) is 14.0. The van der Waals surface area contributed by atoms with Crippen molar-refractivity contribution in [3.05, 3.63) is 59.8 Å². The number of aromatic amines is 1. The highest BCUT2D eigenvalue weighted by Crippen LogP contribution is 2.33. The Morgan fingerprint density at radius 1 is 1.14 bits per heavy atom. The van der Waals surface area contributed by atoms with Crippen LogP contribution in [0, 0.1) is 0 Å². The lowest BCUT2D eigenvalue weighted by atomic mass is 10.2. The van der Waals surface area contributed by atoms with Gasteiger partial charge in [-0.25, -0.2) is 4.79 Å². The summed E-state index contributed by atoms with van der Waals surface area (Å²) in [5.74, 6) is 0.172. The van der Waals surface area contributed by atoms with E-state index in [4.69, 9.17) is 14.6 Å². The Morgan fingerprint density at radius 2 is 1.86 bits per heavy atom. The zero-order valence-electron chi connectivity index (χ0n) is 12.0. The van der Waals surface area contributed by atoms with Crippen LogP contribution in [0.15, 0.2) is 48.5 Å². The van der Waals surface area contributed by atoms with Gasteiger partial charge < -0.3 is 19.6 Å². The first-order chi connectivity index (χ1) is 10.7. The third-order valence-electron chi connectivity index (χ3n) is 3.40. The van der Waals surface area contributed by atoms with Crippen molar-refractivity contribution in [3.8, 4) is 11.5 Å². The Labute approximate surface area is 127 Å². The maximum atomic E-state index is 11.1. The molecule has 0 radical (unpaired) electrons. The number of hydrogen-bond donors (Lipinski definition) is 2. The minimum Gasteiger partial charge on any atom is -0.495 e. The molecule has 0 aliphatic heterocycles. The van der Waals surface area contributed by atoms with E-state index in [1.807, 2.05) is 30.3 Å². The quantitative estimate of drug-likeness (QED) is 0.756. The molecule has 5 nitrogen and oxygen atoms in total. The maximum absolute atomic E-state index is 11.1. The molecule has 0 aliphatic rings. The van der Waals surface area contributed by atoms with Crippen LogP contribution in [0.5, 0.6) is 11.5 Å². The molecule has 0 bridgehead atoms. The molecule has 3 aromatic rings. The summed E-state index contributed by atoms with van der Waals surface area (Å²) in [6, 6.07) is 14.9. The summed E-state index contributed by atoms with van der Waals surface area (Å²) in [5, 5.41) is 9.82. The van der Waals surface area contributed by atoms with E-state index in [1.165, 1.54) is 0 Å². The second-order valence-electron chi connectivity index (χ2n) is 4.82. The minimum atomic E-state index is -1.02. The number of carboxylic acid groups (broad SMARTS) is 1. The summed E-state index contributed by atoms with van der Waals surface area (Å²) in [6.45, 7) is 0.413. The van der Waals surface area contributed by atoms with Crippen molar-refractivity contribution in [3.63, 3.8) is 0 Å². The van der Waals surface area contributed by atoms with E-state index in [0.29, 0.717) is 29.0 Å². The van der Waals surface area contributed by atoms with Crippen LogP contribution in [0.4, 0.5) is 0 Å². The number of aromatic nitrogens is 1. The number of nitrogens with one attached hydrogen (secondary N) is 1. The Morgan fingerprint density at radius 3 is 2.55 bits per heavy atom. The second-order valence-corrected chi connectivity index (χ2v) is 4.82. The number of hydrogen-bond acceptors (Lipinski definition) is 3. The molecule has 0 fully saturated rings. The number of methoxy groups -OCH3 is 1. The van der Waals surface area contributed by atoms with Gasteiger partial charge in [0, 0.05) is 5.39 Å². The van der Waals surface area contributed by atoms with E-state index in [-0.39, 0.29) is 5.69 Å². The van der Waals surface area contributed by atoms with E-state index in [9.17, 15) is 4.79 Å². The fourth-order valence-electron chi connectivity index (χ4n) is 2.31. The number of aromatic carboxylic acids is 1. The van der Waals surface area contributed by atoms with Gasteiger partial charge >= 0.3 is 5.97 Å². The largest absolute Gasteiger partial charge is 0.495 e. The van der Waals surface area contributed by atoms with Gasteiger partial charge in [0.1, 0.15) is 23.8 Å². The van der Waals surface area contributed by atoms with Gasteiger partial charge in [0.2, 0.25) is 0 Å². The van der Waals surface area contributed by atoms with E-state index in [0.717, 1.165) is 5.56 Å². The highest BCUT2D eigenvalue weighted by atomic mass is 16.5. The van der Waals surface area contributed by atoms with Crippen LogP contribution in [0.25, 0.3) is 10.9 Å². The van der Waals surface area contributed by atoms with Gasteiger partial charge in [-0.05, 0) is 23.8 Å². The molecule has 1 aromatic heterocycles. The number of H-pyrrole nitrogens is 1. The number of fused-ring (bicyclic) bond motifs is 1. The fourth-order valence-corrected chi connectivity index (χ4v) is 2.31. The van der Waals surface area contributed by atoms with Gasteiger partial charge in [-0.15, -0.1) is 0 Å². The van der Waals surface area contributed by atoms with Crippen molar-refractivity contribution in [1.29, 1.82) is 0 Å². The summed E-state index contributed by atoms with van der Waals surface area (Å²) in [7, 11) is 1.54. The van der Waals surface area contributed by atoms with E-state index in [1.54, 1.807) is 25.3 Å². The summed E-state index contributed by atoms with van der Waals surface area (Å²) in [5.41, 5.74) is 1.76. The maximum Gasteiger partial charge on any atom is 0.352 e. The Hall–Kier alpha value is -2.95. The number of carbonyl (C=O) groups is 1. The Bertz CT molecular complexity index is 808. The van der Waals surface area contributed by atoms with Crippen LogP contribution in [0.3, 0.4) is 0 Å². The Balaban J connectivity index is 1.97. The smallest absolute Gasteiger partial charge is 0.352 e. The van der Waals surface area contributed by atoms with Gasteiger partial charge in [0.15, 0.2) is 0 Å². The molecular formula is C17H15NO4. The molecule has 2 aromatic carbocycles. The van der Waals surface area contributed by atoms with Crippen molar-refractivity contribution in [2.45, 2.75) is 6.61 Å². The van der Waals surface area contributed by atoms with Crippen molar-refractivity contribution in [2.75, 3.05) is 7.11 Å². The van der Waals surface area contributed by atoms with Crippen LogP contribution in [-0.2, 0) is 6.61 Å². The molecular weight excluding hydrogens is 282 g/mol. The van der Waals surface area contributed by atoms with E-state index < -0.39 is 5.97 Å². The molecule has 22 heavy (non-hydrogen) atoms. The minimum absolute atomic E-state index is 0.101. The summed E-state index contributed by atoms with van der Waals surface area (Å²) >= 11 is 0. The zero-order chi connectivity index (χ0) is 15.5. The molecule has 3 rings (SSSR count). The average molecular weight is 297 g/mol. The molecule has 0 saturated carbocycles. The predicted molar refractivity (Wildman–Crippen MR) is 82.6 cm³/mol. The van der Waals surface area contributed by atoms with Crippen molar-refractivity contribution in [1.82, 2.24) is 4.98 Å². The normalized spacial score (nSPS) is 10.6. The van der Waals surface area contributed by atoms with Crippen molar-refractivity contribution < 1.29 is 19.4 Å². The van der Waals surface area contributed by atoms with Gasteiger partial charge in [-0.2, -0.15) is 0 Å². The molecule has 0 aliphatic carbocycles. The summed E-state index contributed by atoms with van der Waals surface area (Å²) < 4.78 is 11.1. The third-order valence-corrected chi connectivity index (χ3v) is 3.40. The summed E-state index contributed by atoms with van der Waals surface area (Å²) in [6.07, 6.45) is 0. The molecule has 5 heteroatoms. The van der Waals surface area contributed by atoms with Crippen molar-refractivity contribution >= 4 is 16.9 Å². The first-order valence-corrected chi connectivity index (χ1v) is 6.79. The lowest BCUT2D eigenvalue weighted by Crippen LogP contribution is -1.95. The zero-order valence-corrected chi connectivity index (χ0v) is 12.0. The van der Waals surface area contributed by atoms with Crippen molar-refractivity contribution in [2.24, 2.45) is 0 Å². The average Bonchev–Trinajstić information content (AvgIpc) is 2.99. The molecule has 112 valence electrons. The highest BCUT2D eigenvalue weighted by molar-refractivity contribution is 5.98. The second kappa shape index (κ2) is 5.81. The van der Waals surface area contributed by atoms with E-state index >= 15 is 0 Å². The van der Waals surface area contributed by atoms with Crippen LogP contribution < -0.4 is 9.47 Å². The molecule has 0 unspecified atom stereocenters. The standard InChI is InChI=1S/C17H15NO4/c1-21-15-8-7-14(22-10-11-5-3-2-4-6-11)12-9-13(17(19)20)18-16(12)15/h2-9,18H,10H2,1H3,(H,19,20). The van der Waals surface area contributed by atoms with Gasteiger partial charge in [-0.1, -0.05) is 30.3 Å². The fraction of sp³-hybridized carbons (Fsp3) is 0.118. The molecule has 2 N–H and O–H groups in total. The monoisotopic (exact) mass is 297 g/mol. The number of carboxylic acids is 1. The number of ether oxygens (including phenoxy) is 2. The first kappa shape index (κ1) is 14.0. The predicted octanol–water partition coefficient (Wildman–Crippen LogP) is 3.45. The first-order valence-electron chi connectivity index (χ1n) is 6.79. The van der Waals surface area contributed by atoms with Crippen LogP contribution in [-0.4, -0.2) is 23.2 Å². The Kier molecular flexibility index (Phi) is 3.70. The SMILES string of the molecule is COc1ccc(OCc2ccccc2)c2cc(C(=O)O)[nH]c12. The third kappa shape index (κ3) is 2.61. The van der Waals surface area contributed by atoms with Gasteiger partial charge in [0.25, 0.3) is 0 Å². The highest BCUT2D eigenvalue weighted by Gasteiger charge is 2.14. The van der Waals surface area contributed by atoms with Crippen LogP contribution in [0.1, 0.15) is 16.1 Å². The molecule has 0 atom stereocenters. The molecule has 0 amide bonds. The topological polar surface area (TPSA) is 71.6 Å². The lowest BCUT2D eigenvalue weighted by molar-refractivity contribution is 0.0691. The van der Waals surface area contributed by atoms with Gasteiger partial charge in [0.05, 0.1) is 12.6 Å².